The third-order valence-corrected chi connectivity index (χ3v) is 6.04. The molecule has 1 aliphatic heterocycles. The molecule has 146 valence electrons. The van der Waals surface area contributed by atoms with Crippen LogP contribution in [0.4, 0.5) is 16.2 Å². The Labute approximate surface area is 164 Å². The molecule has 0 spiro atoms. The van der Waals surface area contributed by atoms with Crippen molar-refractivity contribution in [2.75, 3.05) is 23.5 Å². The summed E-state index contributed by atoms with van der Waals surface area (Å²) in [5.41, 5.74) is 7.21. The highest BCUT2D eigenvalue weighted by Crippen LogP contribution is 2.53. The number of methoxy groups -OCH3 is 1. The molecule has 1 saturated carbocycles. The second-order valence-corrected chi connectivity index (χ2v) is 7.64. The van der Waals surface area contributed by atoms with Crippen LogP contribution in [0.1, 0.15) is 25.7 Å². The number of benzene rings is 2. The summed E-state index contributed by atoms with van der Waals surface area (Å²) < 4.78 is 4.87. The van der Waals surface area contributed by atoms with Crippen LogP contribution in [0.25, 0.3) is 0 Å². The maximum atomic E-state index is 13.6. The molecular formula is C22H25N3O3. The molecule has 1 atom stereocenters. The fraction of sp³-hybridized carbons (Fsp3) is 0.364. The van der Waals surface area contributed by atoms with Crippen LogP contribution in [0, 0.1) is 0 Å². The van der Waals surface area contributed by atoms with Gasteiger partial charge in [0.2, 0.25) is 0 Å². The quantitative estimate of drug-likeness (QED) is 0.781. The Morgan fingerprint density at radius 1 is 1.04 bits per heavy atom. The van der Waals surface area contributed by atoms with Crippen molar-refractivity contribution >= 4 is 23.4 Å². The number of nitrogens with zero attached hydrogens (tertiary/aromatic N) is 2. The highest BCUT2D eigenvalue weighted by molar-refractivity contribution is 6.08. The molecule has 0 aromatic heterocycles. The molecule has 1 unspecified atom stereocenters. The van der Waals surface area contributed by atoms with Gasteiger partial charge in [-0.1, -0.05) is 36.4 Å². The summed E-state index contributed by atoms with van der Waals surface area (Å²) in [4.78, 5) is 29.1. The highest BCUT2D eigenvalue weighted by Gasteiger charge is 2.65. The van der Waals surface area contributed by atoms with Crippen LogP contribution in [-0.2, 0) is 9.53 Å². The zero-order valence-corrected chi connectivity index (χ0v) is 16.0. The van der Waals surface area contributed by atoms with Crippen molar-refractivity contribution < 1.29 is 14.3 Å². The van der Waals surface area contributed by atoms with Gasteiger partial charge in [-0.3, -0.25) is 14.6 Å². The lowest BCUT2D eigenvalue weighted by atomic mass is 9.82. The van der Waals surface area contributed by atoms with Gasteiger partial charge in [0, 0.05) is 23.3 Å². The SMILES string of the molecule is COC(=O)CCC1(C2(N)CC2)CN(c2ccccc2)C(=O)N1c1ccccc1. The number of rotatable bonds is 6. The van der Waals surface area contributed by atoms with E-state index in [1.807, 2.05) is 65.6 Å². The van der Waals surface area contributed by atoms with Crippen LogP contribution in [-0.4, -0.2) is 36.7 Å². The predicted octanol–water partition coefficient (Wildman–Crippen LogP) is 3.32. The van der Waals surface area contributed by atoms with Gasteiger partial charge >= 0.3 is 12.0 Å². The second-order valence-electron chi connectivity index (χ2n) is 7.64. The number of carbonyl (C=O) groups excluding carboxylic acids is 2. The first-order valence-electron chi connectivity index (χ1n) is 9.58. The van der Waals surface area contributed by atoms with E-state index in [0.29, 0.717) is 13.0 Å². The number of urea groups is 1. The van der Waals surface area contributed by atoms with E-state index >= 15 is 0 Å². The minimum absolute atomic E-state index is 0.112. The van der Waals surface area contributed by atoms with E-state index in [2.05, 4.69) is 0 Å². The maximum absolute atomic E-state index is 13.6. The van der Waals surface area contributed by atoms with E-state index in [1.165, 1.54) is 7.11 Å². The van der Waals surface area contributed by atoms with E-state index in [4.69, 9.17) is 10.5 Å². The van der Waals surface area contributed by atoms with Crippen molar-refractivity contribution in [1.82, 2.24) is 0 Å². The molecule has 2 aromatic rings. The minimum Gasteiger partial charge on any atom is -0.469 e. The zero-order valence-electron chi connectivity index (χ0n) is 16.0. The van der Waals surface area contributed by atoms with Gasteiger partial charge in [0.15, 0.2) is 0 Å². The number of hydrogen-bond donors (Lipinski definition) is 1. The normalized spacial score (nSPS) is 23.0. The summed E-state index contributed by atoms with van der Waals surface area (Å²) in [6.07, 6.45) is 2.33. The van der Waals surface area contributed by atoms with Gasteiger partial charge in [-0.05, 0) is 43.5 Å². The number of amides is 2. The molecule has 2 aromatic carbocycles. The Kier molecular flexibility index (Phi) is 4.59. The molecule has 0 bridgehead atoms. The van der Waals surface area contributed by atoms with Gasteiger partial charge in [-0.15, -0.1) is 0 Å². The number of ether oxygens (including phenoxy) is 1. The number of para-hydroxylation sites is 2. The fourth-order valence-electron chi connectivity index (χ4n) is 4.28. The summed E-state index contributed by atoms with van der Waals surface area (Å²) >= 11 is 0. The Morgan fingerprint density at radius 3 is 2.14 bits per heavy atom. The van der Waals surface area contributed by atoms with Crippen LogP contribution in [0.2, 0.25) is 0 Å². The lowest BCUT2D eigenvalue weighted by molar-refractivity contribution is -0.141. The zero-order chi connectivity index (χ0) is 19.8. The van der Waals surface area contributed by atoms with Crippen molar-refractivity contribution in [1.29, 1.82) is 0 Å². The van der Waals surface area contributed by atoms with Crippen molar-refractivity contribution in [2.24, 2.45) is 5.73 Å². The monoisotopic (exact) mass is 379 g/mol. The van der Waals surface area contributed by atoms with Gasteiger partial charge < -0.3 is 10.5 Å². The first kappa shape index (κ1) is 18.5. The molecule has 1 heterocycles. The van der Waals surface area contributed by atoms with Gasteiger partial charge in [0.05, 0.1) is 19.2 Å². The van der Waals surface area contributed by atoms with Crippen molar-refractivity contribution in [3.05, 3.63) is 60.7 Å². The average Bonchev–Trinajstić information content (AvgIpc) is 3.41. The molecule has 2 fully saturated rings. The Balaban J connectivity index is 1.80. The van der Waals surface area contributed by atoms with E-state index < -0.39 is 11.1 Å². The number of carbonyl (C=O) groups is 2. The molecule has 28 heavy (non-hydrogen) atoms. The van der Waals surface area contributed by atoms with Gasteiger partial charge in [-0.2, -0.15) is 0 Å². The van der Waals surface area contributed by atoms with Crippen molar-refractivity contribution in [2.45, 2.75) is 36.8 Å². The summed E-state index contributed by atoms with van der Waals surface area (Å²) in [5.74, 6) is -0.290. The lowest BCUT2D eigenvalue weighted by Crippen LogP contribution is -2.62. The van der Waals surface area contributed by atoms with E-state index in [0.717, 1.165) is 24.2 Å². The molecule has 6 nitrogen and oxygen atoms in total. The van der Waals surface area contributed by atoms with Crippen LogP contribution in [0.3, 0.4) is 0 Å². The lowest BCUT2D eigenvalue weighted by Gasteiger charge is -2.42. The smallest absolute Gasteiger partial charge is 0.329 e. The topological polar surface area (TPSA) is 75.9 Å². The standard InChI is InChI=1S/C22H25N3O3/c1-28-19(26)12-13-22(21(23)14-15-21)16-24(17-8-4-2-5-9-17)20(27)25(22)18-10-6-3-7-11-18/h2-11H,12-16,23H2,1H3. The number of esters is 1. The van der Waals surface area contributed by atoms with Crippen LogP contribution in [0.15, 0.2) is 60.7 Å². The summed E-state index contributed by atoms with van der Waals surface area (Å²) in [6, 6.07) is 19.1. The Morgan fingerprint density at radius 2 is 1.61 bits per heavy atom. The summed E-state index contributed by atoms with van der Waals surface area (Å²) in [5, 5.41) is 0. The van der Waals surface area contributed by atoms with Crippen molar-refractivity contribution in [3.63, 3.8) is 0 Å². The van der Waals surface area contributed by atoms with Gasteiger partial charge in [0.1, 0.15) is 0 Å². The number of hydrogen-bond acceptors (Lipinski definition) is 4. The highest BCUT2D eigenvalue weighted by atomic mass is 16.5. The van der Waals surface area contributed by atoms with Crippen LogP contribution < -0.4 is 15.5 Å². The fourth-order valence-corrected chi connectivity index (χ4v) is 4.28. The average molecular weight is 379 g/mol. The molecule has 2 aliphatic rings. The molecular weight excluding hydrogens is 354 g/mol. The molecule has 4 rings (SSSR count). The third kappa shape index (κ3) is 2.94. The summed E-state index contributed by atoms with van der Waals surface area (Å²) in [6.45, 7) is 0.443. The third-order valence-electron chi connectivity index (χ3n) is 6.04. The predicted molar refractivity (Wildman–Crippen MR) is 108 cm³/mol. The largest absolute Gasteiger partial charge is 0.469 e. The molecule has 6 heteroatoms. The van der Waals surface area contributed by atoms with Gasteiger partial charge in [-0.25, -0.2) is 4.79 Å². The first-order valence-corrected chi connectivity index (χ1v) is 9.58. The second kappa shape index (κ2) is 6.95. The van der Waals surface area contributed by atoms with Gasteiger partial charge in [0.25, 0.3) is 0 Å². The van der Waals surface area contributed by atoms with E-state index in [9.17, 15) is 9.59 Å². The van der Waals surface area contributed by atoms with Crippen LogP contribution in [0.5, 0.6) is 0 Å². The number of anilines is 2. The molecule has 1 aliphatic carbocycles. The molecule has 1 saturated heterocycles. The molecule has 0 radical (unpaired) electrons. The first-order chi connectivity index (χ1) is 13.5. The number of nitrogens with two attached hydrogens (primary N) is 1. The van der Waals surface area contributed by atoms with E-state index in [-0.39, 0.29) is 18.4 Å². The molecule has 2 amide bonds. The summed E-state index contributed by atoms with van der Waals surface area (Å²) in [7, 11) is 1.38. The van der Waals surface area contributed by atoms with Crippen LogP contribution >= 0.6 is 0 Å². The Bertz CT molecular complexity index is 867. The Hall–Kier alpha value is -2.86. The minimum atomic E-state index is -0.671. The van der Waals surface area contributed by atoms with Crippen molar-refractivity contribution in [3.8, 4) is 0 Å². The maximum Gasteiger partial charge on any atom is 0.329 e. The molecule has 2 N–H and O–H groups in total. The van der Waals surface area contributed by atoms with E-state index in [1.54, 1.807) is 4.90 Å².